The van der Waals surface area contributed by atoms with Gasteiger partial charge in [0.05, 0.1) is 18.6 Å². The third-order valence-corrected chi connectivity index (χ3v) is 5.48. The van der Waals surface area contributed by atoms with Crippen LogP contribution in [0, 0.1) is 0 Å². The molecule has 0 heterocycles. The van der Waals surface area contributed by atoms with Gasteiger partial charge in [-0.15, -0.1) is 0 Å². The molecule has 1 saturated carbocycles. The summed E-state index contributed by atoms with van der Waals surface area (Å²) in [6.45, 7) is 2.22. The first-order chi connectivity index (χ1) is 11.9. The molecule has 0 atom stereocenters. The molecule has 7 heteroatoms. The maximum absolute atomic E-state index is 12.4. The highest BCUT2D eigenvalue weighted by Crippen LogP contribution is 2.22. The molecule has 2 rings (SSSR count). The van der Waals surface area contributed by atoms with Gasteiger partial charge in [0.1, 0.15) is 12.3 Å². The lowest BCUT2D eigenvalue weighted by Gasteiger charge is -2.24. The summed E-state index contributed by atoms with van der Waals surface area (Å²) in [6.07, 6.45) is 7.67. The number of nitrogens with zero attached hydrogens (tertiary/aromatic N) is 1. The van der Waals surface area contributed by atoms with Crippen LogP contribution in [0.4, 0.5) is 5.69 Å². The minimum atomic E-state index is -3.55. The van der Waals surface area contributed by atoms with Gasteiger partial charge in [-0.1, -0.05) is 25.7 Å². The zero-order valence-electron chi connectivity index (χ0n) is 15.0. The maximum atomic E-state index is 12.4. The van der Waals surface area contributed by atoms with Gasteiger partial charge in [0.25, 0.3) is 0 Å². The van der Waals surface area contributed by atoms with Crippen LogP contribution in [0.2, 0.25) is 0 Å². The van der Waals surface area contributed by atoms with E-state index in [1.54, 1.807) is 24.3 Å². The molecule has 0 aliphatic heterocycles. The van der Waals surface area contributed by atoms with Gasteiger partial charge in [0.2, 0.25) is 15.9 Å². The molecule has 0 saturated heterocycles. The average molecular weight is 368 g/mol. The summed E-state index contributed by atoms with van der Waals surface area (Å²) in [5.74, 6) is 0.411. The zero-order valence-corrected chi connectivity index (χ0v) is 15.8. The fraction of sp³-hybridized carbons (Fsp3) is 0.611. The fourth-order valence-corrected chi connectivity index (χ4v) is 3.96. The van der Waals surface area contributed by atoms with Crippen molar-refractivity contribution in [1.82, 2.24) is 5.32 Å². The lowest BCUT2D eigenvalue weighted by atomic mass is 10.1. The minimum absolute atomic E-state index is 0.150. The van der Waals surface area contributed by atoms with Crippen LogP contribution in [0.5, 0.6) is 5.75 Å². The number of rotatable bonds is 7. The number of benzene rings is 1. The molecular weight excluding hydrogens is 340 g/mol. The first-order valence-corrected chi connectivity index (χ1v) is 10.7. The Balaban J connectivity index is 2.05. The molecule has 0 radical (unpaired) electrons. The van der Waals surface area contributed by atoms with Crippen molar-refractivity contribution >= 4 is 21.6 Å². The predicted molar refractivity (Wildman–Crippen MR) is 99.4 cm³/mol. The highest BCUT2D eigenvalue weighted by molar-refractivity contribution is 7.92. The topological polar surface area (TPSA) is 75.7 Å². The number of ether oxygens (including phenoxy) is 1. The number of hydrogen-bond donors (Lipinski definition) is 1. The lowest BCUT2D eigenvalue weighted by molar-refractivity contribution is -0.120. The molecule has 1 aromatic carbocycles. The normalized spacial score (nSPS) is 16.1. The van der Waals surface area contributed by atoms with E-state index in [4.69, 9.17) is 4.74 Å². The Kier molecular flexibility index (Phi) is 7.11. The number of nitrogens with one attached hydrogen (secondary N) is 1. The first-order valence-electron chi connectivity index (χ1n) is 8.90. The maximum Gasteiger partial charge on any atom is 0.240 e. The largest absolute Gasteiger partial charge is 0.494 e. The Morgan fingerprint density at radius 3 is 2.28 bits per heavy atom. The molecule has 1 aromatic rings. The van der Waals surface area contributed by atoms with E-state index in [0.717, 1.165) is 36.2 Å². The second kappa shape index (κ2) is 9.08. The summed E-state index contributed by atoms with van der Waals surface area (Å²) in [7, 11) is -3.55. The van der Waals surface area contributed by atoms with Gasteiger partial charge in [-0.2, -0.15) is 0 Å². The molecule has 6 nitrogen and oxygen atoms in total. The van der Waals surface area contributed by atoms with Crippen molar-refractivity contribution in [2.45, 2.75) is 51.5 Å². The van der Waals surface area contributed by atoms with Crippen LogP contribution >= 0.6 is 0 Å². The van der Waals surface area contributed by atoms with Crippen molar-refractivity contribution < 1.29 is 17.9 Å². The van der Waals surface area contributed by atoms with E-state index >= 15 is 0 Å². The van der Waals surface area contributed by atoms with Gasteiger partial charge in [-0.3, -0.25) is 9.10 Å². The Morgan fingerprint density at radius 1 is 1.16 bits per heavy atom. The molecule has 1 fully saturated rings. The van der Waals surface area contributed by atoms with E-state index in [1.165, 1.54) is 12.8 Å². The van der Waals surface area contributed by atoms with Crippen molar-refractivity contribution in [2.24, 2.45) is 0 Å². The molecule has 140 valence electrons. The first kappa shape index (κ1) is 19.6. The van der Waals surface area contributed by atoms with E-state index in [-0.39, 0.29) is 18.5 Å². The van der Waals surface area contributed by atoms with Crippen molar-refractivity contribution in [1.29, 1.82) is 0 Å². The van der Waals surface area contributed by atoms with Crippen molar-refractivity contribution in [3.05, 3.63) is 24.3 Å². The summed E-state index contributed by atoms with van der Waals surface area (Å²) in [5, 5.41) is 2.99. The van der Waals surface area contributed by atoms with E-state index < -0.39 is 10.0 Å². The molecule has 1 aliphatic rings. The van der Waals surface area contributed by atoms with Crippen molar-refractivity contribution in [3.8, 4) is 5.75 Å². The molecule has 1 amide bonds. The van der Waals surface area contributed by atoms with Crippen molar-refractivity contribution in [2.75, 3.05) is 23.7 Å². The Hall–Kier alpha value is -1.76. The van der Waals surface area contributed by atoms with Crippen LogP contribution in [0.1, 0.15) is 45.4 Å². The number of anilines is 1. The lowest BCUT2D eigenvalue weighted by Crippen LogP contribution is -2.44. The van der Waals surface area contributed by atoms with Crippen LogP contribution in [0.3, 0.4) is 0 Å². The van der Waals surface area contributed by atoms with Crippen LogP contribution < -0.4 is 14.4 Å². The summed E-state index contributed by atoms with van der Waals surface area (Å²) in [6, 6.07) is 6.88. The molecular formula is C18H28N2O4S. The van der Waals surface area contributed by atoms with Gasteiger partial charge in [0.15, 0.2) is 0 Å². The molecule has 25 heavy (non-hydrogen) atoms. The molecule has 0 aromatic heterocycles. The highest BCUT2D eigenvalue weighted by atomic mass is 32.2. The van der Waals surface area contributed by atoms with Gasteiger partial charge >= 0.3 is 0 Å². The van der Waals surface area contributed by atoms with Gasteiger partial charge in [-0.05, 0) is 44.0 Å². The smallest absolute Gasteiger partial charge is 0.240 e. The summed E-state index contributed by atoms with van der Waals surface area (Å²) < 4.78 is 30.8. The molecule has 1 N–H and O–H groups in total. The summed E-state index contributed by atoms with van der Waals surface area (Å²) in [5.41, 5.74) is 0.460. The van der Waals surface area contributed by atoms with E-state index in [9.17, 15) is 13.2 Å². The van der Waals surface area contributed by atoms with Gasteiger partial charge in [0, 0.05) is 6.04 Å². The Labute approximate surface area is 150 Å². The molecule has 0 unspecified atom stereocenters. The van der Waals surface area contributed by atoms with E-state index in [0.29, 0.717) is 18.0 Å². The molecule has 1 aliphatic carbocycles. The zero-order chi connectivity index (χ0) is 18.3. The quantitative estimate of drug-likeness (QED) is 0.751. The van der Waals surface area contributed by atoms with Gasteiger partial charge in [-0.25, -0.2) is 8.42 Å². The molecule has 0 spiro atoms. The van der Waals surface area contributed by atoms with Crippen LogP contribution in [-0.4, -0.2) is 39.8 Å². The van der Waals surface area contributed by atoms with Crippen LogP contribution in [0.25, 0.3) is 0 Å². The monoisotopic (exact) mass is 368 g/mol. The number of amides is 1. The third kappa shape index (κ3) is 6.23. The second-order valence-electron chi connectivity index (χ2n) is 6.45. The van der Waals surface area contributed by atoms with Gasteiger partial charge < -0.3 is 10.1 Å². The van der Waals surface area contributed by atoms with Crippen LogP contribution in [-0.2, 0) is 14.8 Å². The number of carbonyl (C=O) groups is 1. The summed E-state index contributed by atoms with van der Waals surface area (Å²) in [4.78, 5) is 12.4. The van der Waals surface area contributed by atoms with Crippen molar-refractivity contribution in [3.63, 3.8) is 0 Å². The standard InChI is InChI=1S/C18H28N2O4S/c1-3-24-17-12-10-16(11-13-17)20(25(2,22)23)14-18(21)19-15-8-6-4-5-7-9-15/h10-13,15H,3-9,14H2,1-2H3,(H,19,21). The Bertz CT molecular complexity index is 650. The second-order valence-corrected chi connectivity index (χ2v) is 8.36. The SMILES string of the molecule is CCOc1ccc(N(CC(=O)NC2CCCCCC2)S(C)(=O)=O)cc1. The third-order valence-electron chi connectivity index (χ3n) is 4.34. The fourth-order valence-electron chi connectivity index (χ4n) is 3.10. The predicted octanol–water partition coefficient (Wildman–Crippen LogP) is 2.69. The number of hydrogen-bond acceptors (Lipinski definition) is 4. The number of carbonyl (C=O) groups excluding carboxylic acids is 1. The molecule has 0 bridgehead atoms. The van der Waals surface area contributed by atoms with E-state index in [1.807, 2.05) is 6.92 Å². The average Bonchev–Trinajstić information content (AvgIpc) is 2.81. The minimum Gasteiger partial charge on any atom is -0.494 e. The van der Waals surface area contributed by atoms with E-state index in [2.05, 4.69) is 5.32 Å². The Morgan fingerprint density at radius 2 is 1.76 bits per heavy atom. The number of sulfonamides is 1. The highest BCUT2D eigenvalue weighted by Gasteiger charge is 2.22. The summed E-state index contributed by atoms with van der Waals surface area (Å²) >= 11 is 0. The van der Waals surface area contributed by atoms with Crippen LogP contribution in [0.15, 0.2) is 24.3 Å².